The molecule has 1 aliphatic heterocycles. The molecule has 1 N–H and O–H groups in total. The Balaban J connectivity index is 2.14. The Morgan fingerprint density at radius 2 is 2.38 bits per heavy atom. The summed E-state index contributed by atoms with van der Waals surface area (Å²) in [7, 11) is 0. The number of nitrogens with zero attached hydrogens (tertiary/aromatic N) is 1. The van der Waals surface area contributed by atoms with Gasteiger partial charge in [-0.05, 0) is 35.8 Å². The van der Waals surface area contributed by atoms with Gasteiger partial charge in [0.2, 0.25) is 0 Å². The molecule has 0 aromatic carbocycles. The smallest absolute Gasteiger partial charge is 0.258 e. The number of rotatable bonds is 1. The zero-order valence-corrected chi connectivity index (χ0v) is 11.0. The molecule has 4 nitrogen and oxygen atoms in total. The van der Waals surface area contributed by atoms with Crippen LogP contribution in [0.25, 0.3) is 0 Å². The summed E-state index contributed by atoms with van der Waals surface area (Å²) < 4.78 is 5.59. The molecule has 1 saturated heterocycles. The van der Waals surface area contributed by atoms with E-state index in [9.17, 15) is 4.79 Å². The quantitative estimate of drug-likeness (QED) is 0.857. The summed E-state index contributed by atoms with van der Waals surface area (Å²) >= 11 is 3.23. The van der Waals surface area contributed by atoms with Gasteiger partial charge < -0.3 is 14.6 Å². The second kappa shape index (κ2) is 4.22. The molecule has 1 aromatic rings. The number of furan rings is 1. The molecule has 5 heteroatoms. The minimum atomic E-state index is -0.0237. The monoisotopic (exact) mass is 286 g/mol. The first-order valence-corrected chi connectivity index (χ1v) is 6.06. The molecule has 1 fully saturated rings. The average molecular weight is 287 g/mol. The Kier molecular flexibility index (Phi) is 3.08. The Morgan fingerprint density at radius 1 is 1.62 bits per heavy atom. The van der Waals surface area contributed by atoms with Gasteiger partial charge in [-0.3, -0.25) is 4.79 Å². The number of carbonyl (C=O) groups is 1. The summed E-state index contributed by atoms with van der Waals surface area (Å²) in [6.45, 7) is 6.46. The maximum absolute atomic E-state index is 12.2. The van der Waals surface area contributed by atoms with Gasteiger partial charge in [-0.1, -0.05) is 0 Å². The van der Waals surface area contributed by atoms with Crippen LogP contribution in [0.2, 0.25) is 0 Å². The fourth-order valence-electron chi connectivity index (χ4n) is 1.93. The maximum Gasteiger partial charge on any atom is 0.258 e. The summed E-state index contributed by atoms with van der Waals surface area (Å²) in [5.74, 6) is 0.0233. The standard InChI is InChI=1S/C11H15BrN2O2/c1-11(2)7-14(5-4-13-11)10(15)8-3-6-16-9(8)12/h3,6,13H,4-5,7H2,1-2H3. The zero-order chi connectivity index (χ0) is 11.8. The average Bonchev–Trinajstić information content (AvgIpc) is 2.62. The Bertz CT molecular complexity index is 400. The minimum Gasteiger partial charge on any atom is -0.457 e. The lowest BCUT2D eigenvalue weighted by Crippen LogP contribution is -2.58. The fraction of sp³-hybridized carbons (Fsp3) is 0.545. The summed E-state index contributed by atoms with van der Waals surface area (Å²) in [4.78, 5) is 14.0. The second-order valence-electron chi connectivity index (χ2n) is 4.65. The third-order valence-electron chi connectivity index (χ3n) is 2.71. The van der Waals surface area contributed by atoms with E-state index in [-0.39, 0.29) is 11.4 Å². The molecule has 0 saturated carbocycles. The van der Waals surface area contributed by atoms with Crippen molar-refractivity contribution in [3.63, 3.8) is 0 Å². The molecule has 2 heterocycles. The van der Waals surface area contributed by atoms with E-state index in [1.165, 1.54) is 6.26 Å². The van der Waals surface area contributed by atoms with E-state index in [1.54, 1.807) is 6.07 Å². The van der Waals surface area contributed by atoms with Crippen LogP contribution < -0.4 is 5.32 Å². The van der Waals surface area contributed by atoms with Crippen LogP contribution in [0.4, 0.5) is 0 Å². The molecule has 0 radical (unpaired) electrons. The van der Waals surface area contributed by atoms with Crippen molar-refractivity contribution in [1.82, 2.24) is 10.2 Å². The maximum atomic E-state index is 12.2. The van der Waals surface area contributed by atoms with Gasteiger partial charge in [-0.2, -0.15) is 0 Å². The molecule has 1 aromatic heterocycles. The van der Waals surface area contributed by atoms with Crippen molar-refractivity contribution in [2.24, 2.45) is 0 Å². The fourth-order valence-corrected chi connectivity index (χ4v) is 2.34. The van der Waals surface area contributed by atoms with Crippen molar-refractivity contribution in [2.45, 2.75) is 19.4 Å². The van der Waals surface area contributed by atoms with Crippen molar-refractivity contribution < 1.29 is 9.21 Å². The Hall–Kier alpha value is -0.810. The normalized spacial score (nSPS) is 19.8. The van der Waals surface area contributed by atoms with Crippen molar-refractivity contribution in [1.29, 1.82) is 0 Å². The molecule has 0 aliphatic carbocycles. The minimum absolute atomic E-state index is 0.0233. The lowest BCUT2D eigenvalue weighted by atomic mass is 10.0. The molecule has 0 atom stereocenters. The van der Waals surface area contributed by atoms with Crippen LogP contribution in [-0.4, -0.2) is 36.0 Å². The van der Waals surface area contributed by atoms with Crippen LogP contribution in [0.5, 0.6) is 0 Å². The Labute approximate surface area is 103 Å². The third kappa shape index (κ3) is 2.30. The van der Waals surface area contributed by atoms with Crippen LogP contribution >= 0.6 is 15.9 Å². The van der Waals surface area contributed by atoms with Gasteiger partial charge in [0.25, 0.3) is 5.91 Å². The van der Waals surface area contributed by atoms with E-state index < -0.39 is 0 Å². The SMILES string of the molecule is CC1(C)CN(C(=O)c2ccoc2Br)CCN1. The topological polar surface area (TPSA) is 45.5 Å². The molecular weight excluding hydrogens is 272 g/mol. The molecule has 16 heavy (non-hydrogen) atoms. The van der Waals surface area contributed by atoms with Crippen LogP contribution in [0.3, 0.4) is 0 Å². The van der Waals surface area contributed by atoms with E-state index in [0.717, 1.165) is 13.1 Å². The summed E-state index contributed by atoms with van der Waals surface area (Å²) in [6.07, 6.45) is 1.52. The van der Waals surface area contributed by atoms with E-state index in [4.69, 9.17) is 4.42 Å². The second-order valence-corrected chi connectivity index (χ2v) is 5.37. The molecule has 0 bridgehead atoms. The molecular formula is C11H15BrN2O2. The highest BCUT2D eigenvalue weighted by atomic mass is 79.9. The Morgan fingerprint density at radius 3 is 2.94 bits per heavy atom. The number of carbonyl (C=O) groups excluding carboxylic acids is 1. The first-order chi connectivity index (χ1) is 7.49. The molecule has 1 aliphatic rings. The highest BCUT2D eigenvalue weighted by molar-refractivity contribution is 9.10. The summed E-state index contributed by atoms with van der Waals surface area (Å²) in [6, 6.07) is 1.70. The van der Waals surface area contributed by atoms with Crippen molar-refractivity contribution in [2.75, 3.05) is 19.6 Å². The number of amides is 1. The largest absolute Gasteiger partial charge is 0.457 e. The first-order valence-electron chi connectivity index (χ1n) is 5.27. The number of nitrogens with one attached hydrogen (secondary N) is 1. The summed E-state index contributed by atoms with van der Waals surface area (Å²) in [5, 5.41) is 3.37. The van der Waals surface area contributed by atoms with Gasteiger partial charge in [0, 0.05) is 25.2 Å². The molecule has 1 amide bonds. The lowest BCUT2D eigenvalue weighted by Gasteiger charge is -2.39. The molecule has 0 unspecified atom stereocenters. The van der Waals surface area contributed by atoms with Gasteiger partial charge in [0.05, 0.1) is 11.8 Å². The molecule has 88 valence electrons. The van der Waals surface area contributed by atoms with Crippen molar-refractivity contribution >= 4 is 21.8 Å². The predicted molar refractivity (Wildman–Crippen MR) is 64.4 cm³/mol. The van der Waals surface area contributed by atoms with Crippen LogP contribution in [0.1, 0.15) is 24.2 Å². The van der Waals surface area contributed by atoms with Crippen LogP contribution in [0, 0.1) is 0 Å². The van der Waals surface area contributed by atoms with Gasteiger partial charge >= 0.3 is 0 Å². The van der Waals surface area contributed by atoms with E-state index in [2.05, 4.69) is 35.1 Å². The van der Waals surface area contributed by atoms with Crippen LogP contribution in [-0.2, 0) is 0 Å². The third-order valence-corrected chi connectivity index (χ3v) is 3.32. The molecule has 0 spiro atoms. The highest BCUT2D eigenvalue weighted by Crippen LogP contribution is 2.21. The van der Waals surface area contributed by atoms with Gasteiger partial charge in [0.1, 0.15) is 0 Å². The zero-order valence-electron chi connectivity index (χ0n) is 9.42. The summed E-state index contributed by atoms with van der Waals surface area (Å²) in [5.41, 5.74) is 0.571. The number of hydrogen-bond donors (Lipinski definition) is 1. The predicted octanol–water partition coefficient (Wildman–Crippen LogP) is 1.87. The van der Waals surface area contributed by atoms with Gasteiger partial charge in [-0.25, -0.2) is 0 Å². The van der Waals surface area contributed by atoms with Gasteiger partial charge in [-0.15, -0.1) is 0 Å². The number of piperazine rings is 1. The van der Waals surface area contributed by atoms with Crippen LogP contribution in [0.15, 0.2) is 21.4 Å². The number of halogens is 1. The first kappa shape index (κ1) is 11.7. The van der Waals surface area contributed by atoms with E-state index in [1.807, 2.05) is 4.90 Å². The lowest BCUT2D eigenvalue weighted by molar-refractivity contribution is 0.0650. The highest BCUT2D eigenvalue weighted by Gasteiger charge is 2.30. The molecule has 2 rings (SSSR count). The van der Waals surface area contributed by atoms with E-state index in [0.29, 0.717) is 16.8 Å². The van der Waals surface area contributed by atoms with Gasteiger partial charge in [0.15, 0.2) is 4.67 Å². The van der Waals surface area contributed by atoms with Crippen molar-refractivity contribution in [3.05, 3.63) is 22.6 Å². The van der Waals surface area contributed by atoms with E-state index >= 15 is 0 Å². The number of hydrogen-bond acceptors (Lipinski definition) is 3. The van der Waals surface area contributed by atoms with Crippen molar-refractivity contribution in [3.8, 4) is 0 Å².